The van der Waals surface area contributed by atoms with Crippen LogP contribution in [0.5, 0.6) is 0 Å². The zero-order valence-corrected chi connectivity index (χ0v) is 30.8. The number of carbonyl (C=O) groups is 1. The van der Waals surface area contributed by atoms with Crippen LogP contribution in [-0.2, 0) is 16.7 Å². The summed E-state index contributed by atoms with van der Waals surface area (Å²) in [6.07, 6.45) is 2.73. The van der Waals surface area contributed by atoms with Gasteiger partial charge in [-0.3, -0.25) is 4.98 Å². The van der Waals surface area contributed by atoms with Gasteiger partial charge in [0.1, 0.15) is 0 Å². The van der Waals surface area contributed by atoms with Gasteiger partial charge in [-0.2, -0.15) is 0 Å². The van der Waals surface area contributed by atoms with E-state index in [4.69, 9.17) is 25.1 Å². The first-order valence-corrected chi connectivity index (χ1v) is 18.7. The molecule has 0 saturated heterocycles. The number of ether oxygens (including phenoxy) is 1. The molecule has 0 bridgehead atoms. The molecule has 0 aliphatic heterocycles. The van der Waals surface area contributed by atoms with E-state index in [1.165, 1.54) is 7.11 Å². The first kappa shape index (κ1) is 34.1. The summed E-state index contributed by atoms with van der Waals surface area (Å²) in [7, 11) is 1.45. The van der Waals surface area contributed by atoms with Crippen molar-refractivity contribution >= 4 is 16.9 Å². The summed E-state index contributed by atoms with van der Waals surface area (Å²) in [5.74, 6) is 0.568. The third-order valence-corrected chi connectivity index (χ3v) is 10.7. The molecule has 1 aliphatic rings. The Kier molecular flexibility index (Phi) is 8.83. The molecule has 0 spiro atoms. The van der Waals surface area contributed by atoms with Crippen molar-refractivity contribution in [3.8, 4) is 22.5 Å². The number of aromatic nitrogens is 5. The lowest BCUT2D eigenvalue weighted by Crippen LogP contribution is -2.39. The minimum atomic E-state index is -0.871. The number of carbonyl (C=O) groups excluding carboxylic acids is 1. The van der Waals surface area contributed by atoms with Crippen LogP contribution in [-0.4, -0.2) is 38.3 Å². The number of nitrogens with zero attached hydrogens (tertiary/aromatic N) is 5. The predicted molar refractivity (Wildman–Crippen MR) is 216 cm³/mol. The first-order valence-electron chi connectivity index (χ1n) is 18.7. The van der Waals surface area contributed by atoms with E-state index in [-0.39, 0.29) is 5.97 Å². The van der Waals surface area contributed by atoms with Crippen molar-refractivity contribution in [2.75, 3.05) is 7.11 Å². The van der Waals surface area contributed by atoms with Crippen molar-refractivity contribution in [3.63, 3.8) is 0 Å². The van der Waals surface area contributed by atoms with Crippen LogP contribution in [0.3, 0.4) is 0 Å². The van der Waals surface area contributed by atoms with Crippen LogP contribution in [0.1, 0.15) is 68.2 Å². The topological polar surface area (TPSA) is 82.8 Å². The Labute approximate surface area is 320 Å². The summed E-state index contributed by atoms with van der Waals surface area (Å²) in [4.78, 5) is 20.3. The molecule has 1 fully saturated rings. The van der Waals surface area contributed by atoms with E-state index in [9.17, 15) is 4.79 Å². The molecule has 0 N–H and O–H groups in total. The van der Waals surface area contributed by atoms with Crippen LogP contribution in [0.4, 0.5) is 0 Å². The standard InChI is InChI=1S/C48H39N5O2/c1-32-22-29-43-41(30-32)44(47(54)55-2)42(45(49-43)35-27-28-35)31-33-23-25-34(26-24-33)39-20-12-13-21-40(39)46-50-52-53(51-46)48(36-14-6-3-7-15-36,37-16-8-4-9-17-37)38-18-10-5-11-19-38/h3-26,29-30,35H,27-28,31H2,1-2H3. The van der Waals surface area contributed by atoms with Gasteiger partial charge >= 0.3 is 5.97 Å². The maximum atomic E-state index is 13.4. The van der Waals surface area contributed by atoms with E-state index in [1.54, 1.807) is 4.80 Å². The minimum Gasteiger partial charge on any atom is -0.465 e. The Morgan fingerprint density at radius 1 is 0.727 bits per heavy atom. The van der Waals surface area contributed by atoms with Crippen molar-refractivity contribution in [3.05, 3.63) is 202 Å². The second kappa shape index (κ2) is 14.3. The molecule has 2 aromatic heterocycles. The highest BCUT2D eigenvalue weighted by Crippen LogP contribution is 2.44. The number of esters is 1. The largest absolute Gasteiger partial charge is 0.465 e. The minimum absolute atomic E-state index is 0.322. The predicted octanol–water partition coefficient (Wildman–Crippen LogP) is 9.96. The molecule has 0 radical (unpaired) electrons. The van der Waals surface area contributed by atoms with Crippen LogP contribution >= 0.6 is 0 Å². The fraction of sp³-hybridized carbons (Fsp3) is 0.146. The van der Waals surface area contributed by atoms with Gasteiger partial charge in [-0.25, -0.2) is 4.79 Å². The van der Waals surface area contributed by atoms with Gasteiger partial charge in [0.2, 0.25) is 5.82 Å². The van der Waals surface area contributed by atoms with Crippen molar-refractivity contribution in [2.24, 2.45) is 0 Å². The average molecular weight is 718 g/mol. The Morgan fingerprint density at radius 2 is 1.31 bits per heavy atom. The molecule has 7 nitrogen and oxygen atoms in total. The third-order valence-electron chi connectivity index (χ3n) is 10.7. The molecule has 6 aromatic carbocycles. The van der Waals surface area contributed by atoms with Gasteiger partial charge in [0.05, 0.1) is 18.2 Å². The summed E-state index contributed by atoms with van der Waals surface area (Å²) < 4.78 is 5.36. The quantitative estimate of drug-likeness (QED) is 0.103. The maximum absolute atomic E-state index is 13.4. The first-order chi connectivity index (χ1) is 27.0. The van der Waals surface area contributed by atoms with Crippen molar-refractivity contribution in [1.29, 1.82) is 0 Å². The number of hydrogen-bond acceptors (Lipinski definition) is 6. The lowest BCUT2D eigenvalue weighted by molar-refractivity contribution is 0.0601. The van der Waals surface area contributed by atoms with Crippen molar-refractivity contribution < 1.29 is 9.53 Å². The normalized spacial score (nSPS) is 12.8. The zero-order chi connectivity index (χ0) is 37.4. The molecule has 55 heavy (non-hydrogen) atoms. The molecule has 1 aliphatic carbocycles. The summed E-state index contributed by atoms with van der Waals surface area (Å²) in [5.41, 5.74) is 10.7. The molecule has 1 saturated carbocycles. The average Bonchev–Trinajstić information content (AvgIpc) is 3.98. The summed E-state index contributed by atoms with van der Waals surface area (Å²) >= 11 is 0. The molecular weight excluding hydrogens is 679 g/mol. The van der Waals surface area contributed by atoms with Crippen molar-refractivity contribution in [2.45, 2.75) is 37.6 Å². The number of tetrazole rings is 1. The van der Waals surface area contributed by atoms with Crippen molar-refractivity contribution in [1.82, 2.24) is 25.2 Å². The Bertz CT molecular complexity index is 2540. The molecule has 2 heterocycles. The Morgan fingerprint density at radius 3 is 1.89 bits per heavy atom. The summed E-state index contributed by atoms with van der Waals surface area (Å²) in [6.45, 7) is 2.04. The fourth-order valence-electron chi connectivity index (χ4n) is 7.93. The summed E-state index contributed by atoms with van der Waals surface area (Å²) in [6, 6.07) is 53.9. The van der Waals surface area contributed by atoms with E-state index in [1.807, 2.05) is 97.9 Å². The molecule has 268 valence electrons. The lowest BCUT2D eigenvalue weighted by Gasteiger charge is -2.34. The van der Waals surface area contributed by atoms with E-state index in [0.29, 0.717) is 23.7 Å². The number of rotatable bonds is 10. The summed E-state index contributed by atoms with van der Waals surface area (Å²) in [5, 5.41) is 15.5. The Hall–Kier alpha value is -6.73. The zero-order valence-electron chi connectivity index (χ0n) is 30.8. The molecule has 9 rings (SSSR count). The highest BCUT2D eigenvalue weighted by Gasteiger charge is 2.41. The number of benzene rings is 6. The van der Waals surface area contributed by atoms with Gasteiger partial charge in [-0.1, -0.05) is 151 Å². The van der Waals surface area contributed by atoms with Crippen LogP contribution in [0.25, 0.3) is 33.4 Å². The van der Waals surface area contributed by atoms with Crippen LogP contribution in [0, 0.1) is 6.92 Å². The monoisotopic (exact) mass is 717 g/mol. The second-order valence-electron chi connectivity index (χ2n) is 14.3. The van der Waals surface area contributed by atoms with Gasteiger partial charge in [-0.05, 0) is 76.1 Å². The molecule has 0 unspecified atom stereocenters. The second-order valence-corrected chi connectivity index (χ2v) is 14.3. The number of pyridine rings is 1. The van der Waals surface area contributed by atoms with Gasteiger partial charge in [0.15, 0.2) is 5.54 Å². The van der Waals surface area contributed by atoms with Crippen LogP contribution in [0.15, 0.2) is 158 Å². The van der Waals surface area contributed by atoms with Gasteiger partial charge < -0.3 is 4.74 Å². The highest BCUT2D eigenvalue weighted by atomic mass is 16.5. The lowest BCUT2D eigenvalue weighted by atomic mass is 9.77. The molecule has 7 heteroatoms. The molecular formula is C48H39N5O2. The van der Waals surface area contributed by atoms with Gasteiger partial charge in [-0.15, -0.1) is 15.0 Å². The number of aryl methyl sites for hydroxylation is 1. The van der Waals surface area contributed by atoms with Crippen LogP contribution < -0.4 is 0 Å². The number of hydrogen-bond donors (Lipinski definition) is 0. The van der Waals surface area contributed by atoms with Crippen LogP contribution in [0.2, 0.25) is 0 Å². The van der Waals surface area contributed by atoms with Gasteiger partial charge in [0.25, 0.3) is 0 Å². The third kappa shape index (κ3) is 6.17. The SMILES string of the molecule is COC(=O)c1c(Cc2ccc(-c3ccccc3-c3nnn(C(c4ccccc4)(c4ccccc4)c4ccccc4)n3)cc2)c(C2CC2)nc2ccc(C)cc12. The highest BCUT2D eigenvalue weighted by molar-refractivity contribution is 6.05. The van der Waals surface area contributed by atoms with E-state index in [0.717, 1.165) is 79.5 Å². The van der Waals surface area contributed by atoms with E-state index < -0.39 is 5.54 Å². The maximum Gasteiger partial charge on any atom is 0.338 e. The molecule has 0 amide bonds. The van der Waals surface area contributed by atoms with E-state index >= 15 is 0 Å². The van der Waals surface area contributed by atoms with E-state index in [2.05, 4.69) is 66.7 Å². The number of fused-ring (bicyclic) bond motifs is 1. The number of methoxy groups -OCH3 is 1. The smallest absolute Gasteiger partial charge is 0.338 e. The fourth-order valence-corrected chi connectivity index (χ4v) is 7.93. The molecule has 8 aromatic rings. The van der Waals surface area contributed by atoms with Gasteiger partial charge in [0, 0.05) is 29.0 Å². The Balaban J connectivity index is 1.11. The molecule has 0 atom stereocenters.